The van der Waals surface area contributed by atoms with Gasteiger partial charge in [0, 0.05) is 12.6 Å². The Morgan fingerprint density at radius 3 is 2.92 bits per heavy atom. The molecule has 1 aromatic carbocycles. The van der Waals surface area contributed by atoms with Crippen LogP contribution >= 0.6 is 0 Å². The predicted molar refractivity (Wildman–Crippen MR) is 92.6 cm³/mol. The molecule has 1 saturated heterocycles. The van der Waals surface area contributed by atoms with Crippen molar-refractivity contribution in [2.24, 2.45) is 11.7 Å². The summed E-state index contributed by atoms with van der Waals surface area (Å²) in [4.78, 5) is 27.2. The predicted octanol–water partition coefficient (Wildman–Crippen LogP) is 1.77. The van der Waals surface area contributed by atoms with Gasteiger partial charge in [-0.1, -0.05) is 13.3 Å². The first kappa shape index (κ1) is 17.9. The molecular weight excluding hydrogens is 341 g/mol. The number of amides is 2. The van der Waals surface area contributed by atoms with Crippen molar-refractivity contribution < 1.29 is 23.5 Å². The molecule has 0 radical (unpaired) electrons. The van der Waals surface area contributed by atoms with Gasteiger partial charge in [0.05, 0.1) is 24.1 Å². The number of hydrogen-bond acceptors (Lipinski definition) is 5. The van der Waals surface area contributed by atoms with Crippen LogP contribution in [0.4, 0.5) is 4.39 Å². The van der Waals surface area contributed by atoms with Crippen molar-refractivity contribution in [3.63, 3.8) is 0 Å². The molecule has 2 atom stereocenters. The number of pyridine rings is 1. The van der Waals surface area contributed by atoms with Crippen LogP contribution in [0.1, 0.15) is 30.1 Å². The maximum absolute atomic E-state index is 14.9. The Bertz CT molecular complexity index is 871. The van der Waals surface area contributed by atoms with Gasteiger partial charge in [0.2, 0.25) is 11.8 Å². The summed E-state index contributed by atoms with van der Waals surface area (Å²) in [6.07, 6.45) is 2.75. The van der Waals surface area contributed by atoms with Crippen LogP contribution in [0.3, 0.4) is 0 Å². The molecule has 1 aliphatic heterocycles. The maximum Gasteiger partial charge on any atom is 0.252 e. The summed E-state index contributed by atoms with van der Waals surface area (Å²) in [6.45, 7) is 2.18. The molecule has 1 aliphatic rings. The highest BCUT2D eigenvalue weighted by Crippen LogP contribution is 2.35. The monoisotopic (exact) mass is 361 g/mol. The van der Waals surface area contributed by atoms with E-state index >= 15 is 0 Å². The molecule has 0 spiro atoms. The summed E-state index contributed by atoms with van der Waals surface area (Å²) < 4.78 is 25.7. The Labute approximate surface area is 149 Å². The fourth-order valence-corrected chi connectivity index (χ4v) is 3.28. The van der Waals surface area contributed by atoms with Crippen molar-refractivity contribution in [1.82, 2.24) is 10.3 Å². The molecule has 1 fully saturated rings. The minimum absolute atomic E-state index is 0.0183. The summed E-state index contributed by atoms with van der Waals surface area (Å²) in [5.74, 6) is -1.58. The first-order valence-corrected chi connectivity index (χ1v) is 8.33. The molecule has 0 saturated carbocycles. The molecule has 26 heavy (non-hydrogen) atoms. The number of carbonyl (C=O) groups is 2. The van der Waals surface area contributed by atoms with Crippen LogP contribution in [-0.4, -0.2) is 36.6 Å². The third kappa shape index (κ3) is 3.14. The second-order valence-corrected chi connectivity index (χ2v) is 6.21. The van der Waals surface area contributed by atoms with Gasteiger partial charge in [-0.15, -0.1) is 0 Å². The Hall–Kier alpha value is -2.90. The molecule has 0 bridgehead atoms. The molecule has 0 unspecified atom stereocenters. The first-order chi connectivity index (χ1) is 12.5. The summed E-state index contributed by atoms with van der Waals surface area (Å²) >= 11 is 0. The van der Waals surface area contributed by atoms with Crippen LogP contribution in [-0.2, 0) is 4.79 Å². The highest BCUT2D eigenvalue weighted by atomic mass is 19.1. The van der Waals surface area contributed by atoms with Gasteiger partial charge in [0.25, 0.3) is 5.91 Å². The zero-order valence-corrected chi connectivity index (χ0v) is 14.5. The van der Waals surface area contributed by atoms with E-state index in [4.69, 9.17) is 15.2 Å². The minimum atomic E-state index is -0.790. The number of primary amides is 1. The quantitative estimate of drug-likeness (QED) is 0.816. The van der Waals surface area contributed by atoms with Gasteiger partial charge < -0.3 is 20.5 Å². The molecule has 1 aromatic heterocycles. The minimum Gasteiger partial charge on any atom is -0.493 e. The van der Waals surface area contributed by atoms with Crippen molar-refractivity contribution in [1.29, 1.82) is 0 Å². The van der Waals surface area contributed by atoms with E-state index in [0.717, 1.165) is 6.42 Å². The molecule has 8 heteroatoms. The first-order valence-electron chi connectivity index (χ1n) is 8.33. The summed E-state index contributed by atoms with van der Waals surface area (Å²) in [5.41, 5.74) is 5.25. The summed E-state index contributed by atoms with van der Waals surface area (Å²) in [7, 11) is 1.26. The van der Waals surface area contributed by atoms with Crippen molar-refractivity contribution >= 4 is 22.6 Å². The van der Waals surface area contributed by atoms with Crippen LogP contribution in [0, 0.1) is 11.7 Å². The standard InChI is InChI=1S/C18H20FN3O4/c1-3-9-7-13(23)22-12(9)8-26-18-14-10(4-5-21-18)6-11(17(20)24)16(25-2)15(14)19/h4-6,9,12H,3,7-8H2,1-2H3,(H2,20,24)(H,22,23)/t9-,12-/m1/s1. The number of hydrogen-bond donors (Lipinski definition) is 2. The van der Waals surface area contributed by atoms with E-state index in [-0.39, 0.29) is 47.1 Å². The topological polar surface area (TPSA) is 104 Å². The molecule has 2 amide bonds. The lowest BCUT2D eigenvalue weighted by atomic mass is 9.98. The fraction of sp³-hybridized carbons (Fsp3) is 0.389. The van der Waals surface area contributed by atoms with Crippen molar-refractivity contribution in [3.8, 4) is 11.6 Å². The van der Waals surface area contributed by atoms with E-state index in [2.05, 4.69) is 10.3 Å². The molecular formula is C18H20FN3O4. The van der Waals surface area contributed by atoms with E-state index in [1.54, 1.807) is 6.07 Å². The van der Waals surface area contributed by atoms with Gasteiger partial charge in [-0.2, -0.15) is 0 Å². The number of aromatic nitrogens is 1. The highest BCUT2D eigenvalue weighted by molar-refractivity contribution is 6.02. The van der Waals surface area contributed by atoms with E-state index < -0.39 is 11.7 Å². The number of ether oxygens (including phenoxy) is 2. The number of nitrogens with two attached hydrogens (primary N) is 1. The molecule has 2 aromatic rings. The Morgan fingerprint density at radius 2 is 2.27 bits per heavy atom. The molecule has 3 rings (SSSR count). The van der Waals surface area contributed by atoms with Gasteiger partial charge in [0.1, 0.15) is 6.61 Å². The van der Waals surface area contributed by atoms with Crippen molar-refractivity contribution in [3.05, 3.63) is 29.7 Å². The zero-order valence-electron chi connectivity index (χ0n) is 14.5. The average molecular weight is 361 g/mol. The SMILES string of the molecule is CC[C@@H]1CC(=O)N[C@@H]1COc1nccc2cc(C(N)=O)c(OC)c(F)c12. The van der Waals surface area contributed by atoms with Gasteiger partial charge >= 0.3 is 0 Å². The molecule has 2 heterocycles. The highest BCUT2D eigenvalue weighted by Gasteiger charge is 2.32. The number of methoxy groups -OCH3 is 1. The van der Waals surface area contributed by atoms with E-state index in [0.29, 0.717) is 11.8 Å². The second kappa shape index (κ2) is 7.15. The molecule has 138 valence electrons. The second-order valence-electron chi connectivity index (χ2n) is 6.21. The lowest BCUT2D eigenvalue weighted by Crippen LogP contribution is -2.34. The lowest BCUT2D eigenvalue weighted by Gasteiger charge is -2.18. The number of fused-ring (bicyclic) bond motifs is 1. The lowest BCUT2D eigenvalue weighted by molar-refractivity contribution is -0.119. The molecule has 0 aliphatic carbocycles. The van der Waals surface area contributed by atoms with Gasteiger partial charge in [-0.25, -0.2) is 9.37 Å². The third-order valence-corrected chi connectivity index (χ3v) is 4.67. The van der Waals surface area contributed by atoms with Crippen molar-refractivity contribution in [2.75, 3.05) is 13.7 Å². The van der Waals surface area contributed by atoms with Crippen LogP contribution in [0.5, 0.6) is 11.6 Å². The van der Waals surface area contributed by atoms with E-state index in [9.17, 15) is 14.0 Å². The van der Waals surface area contributed by atoms with Crippen LogP contribution in [0.25, 0.3) is 10.8 Å². The number of halogens is 1. The van der Waals surface area contributed by atoms with Crippen LogP contribution in [0.15, 0.2) is 18.3 Å². The Balaban J connectivity index is 1.96. The van der Waals surface area contributed by atoms with Gasteiger partial charge in [-0.05, 0) is 23.4 Å². The number of nitrogens with zero attached hydrogens (tertiary/aromatic N) is 1. The van der Waals surface area contributed by atoms with E-state index in [1.165, 1.54) is 19.4 Å². The maximum atomic E-state index is 14.9. The van der Waals surface area contributed by atoms with Crippen LogP contribution < -0.4 is 20.5 Å². The summed E-state index contributed by atoms with van der Waals surface area (Å²) in [6, 6.07) is 2.85. The fourth-order valence-electron chi connectivity index (χ4n) is 3.28. The van der Waals surface area contributed by atoms with E-state index in [1.807, 2.05) is 6.92 Å². The average Bonchev–Trinajstić information content (AvgIpc) is 2.99. The largest absolute Gasteiger partial charge is 0.493 e. The zero-order chi connectivity index (χ0) is 18.8. The summed E-state index contributed by atoms with van der Waals surface area (Å²) in [5, 5.41) is 3.39. The molecule has 3 N–H and O–H groups in total. The smallest absolute Gasteiger partial charge is 0.252 e. The van der Waals surface area contributed by atoms with Gasteiger partial charge in [-0.3, -0.25) is 9.59 Å². The van der Waals surface area contributed by atoms with Crippen molar-refractivity contribution in [2.45, 2.75) is 25.8 Å². The number of carbonyl (C=O) groups excluding carboxylic acids is 2. The Morgan fingerprint density at radius 1 is 1.50 bits per heavy atom. The third-order valence-electron chi connectivity index (χ3n) is 4.67. The number of rotatable bonds is 6. The Kier molecular flexibility index (Phi) is 4.92. The number of benzene rings is 1. The molecule has 7 nitrogen and oxygen atoms in total. The number of nitrogens with one attached hydrogen (secondary N) is 1. The normalized spacial score (nSPS) is 19.4. The van der Waals surface area contributed by atoms with Crippen LogP contribution in [0.2, 0.25) is 0 Å². The van der Waals surface area contributed by atoms with Gasteiger partial charge in [0.15, 0.2) is 11.6 Å².